The lowest BCUT2D eigenvalue weighted by atomic mass is 9.95. The molecular weight excluding hydrogens is 673 g/mol. The average molecular weight is 719 g/mol. The van der Waals surface area contributed by atoms with Crippen molar-refractivity contribution in [1.82, 2.24) is 19.9 Å². The Kier molecular flexibility index (Phi) is 8.54. The number of fused-ring (bicyclic) bond motifs is 8. The Labute approximate surface area is 315 Å². The van der Waals surface area contributed by atoms with Gasteiger partial charge in [-0.3, -0.25) is 0 Å². The minimum atomic E-state index is -0.603. The highest BCUT2D eigenvalue weighted by atomic mass is 16.7. The molecule has 9 rings (SSSR count). The van der Waals surface area contributed by atoms with Crippen molar-refractivity contribution in [1.29, 1.82) is 0 Å². The molecule has 2 N–H and O–H groups in total. The van der Waals surface area contributed by atoms with E-state index in [0.29, 0.717) is 26.4 Å². The second kappa shape index (κ2) is 13.3. The first-order chi connectivity index (χ1) is 26.0. The summed E-state index contributed by atoms with van der Waals surface area (Å²) in [7, 11) is 0. The van der Waals surface area contributed by atoms with Gasteiger partial charge in [0, 0.05) is 44.0 Å². The molecule has 7 heterocycles. The third-order valence-electron chi connectivity index (χ3n) is 10.6. The van der Waals surface area contributed by atoms with Crippen LogP contribution in [0.4, 0.5) is 0 Å². The van der Waals surface area contributed by atoms with E-state index in [2.05, 4.69) is 149 Å². The summed E-state index contributed by atoms with van der Waals surface area (Å²) >= 11 is 0. The lowest BCUT2D eigenvalue weighted by Crippen LogP contribution is -2.34. The van der Waals surface area contributed by atoms with Crippen molar-refractivity contribution in [2.45, 2.75) is 54.1 Å². The van der Waals surface area contributed by atoms with E-state index < -0.39 is 12.6 Å². The van der Waals surface area contributed by atoms with Crippen molar-refractivity contribution < 1.29 is 18.9 Å². The molecule has 0 radical (unpaired) electrons. The number of hydrogen-bond acceptors (Lipinski definition) is 6. The molecule has 2 aromatic carbocycles. The number of ether oxygens (including phenoxy) is 4. The molecular formula is C46H46N4O4. The van der Waals surface area contributed by atoms with Crippen LogP contribution in [0.5, 0.6) is 0 Å². The van der Waals surface area contributed by atoms with E-state index >= 15 is 0 Å². The van der Waals surface area contributed by atoms with Gasteiger partial charge in [-0.1, -0.05) is 76.2 Å². The molecule has 8 heteroatoms. The molecule has 0 spiro atoms. The quantitative estimate of drug-likeness (QED) is 0.188. The second-order valence-electron chi connectivity index (χ2n) is 16.4. The number of nitrogens with zero attached hydrogens (tertiary/aromatic N) is 2. The van der Waals surface area contributed by atoms with Crippen LogP contribution in [0.25, 0.3) is 68.6 Å². The molecule has 8 bridgehead atoms. The van der Waals surface area contributed by atoms with Gasteiger partial charge in [0.1, 0.15) is 0 Å². The Balaban J connectivity index is 1.41. The Hall–Kier alpha value is -5.12. The Bertz CT molecular complexity index is 2370. The summed E-state index contributed by atoms with van der Waals surface area (Å²) in [5.41, 5.74) is 14.9. The Morgan fingerprint density at radius 1 is 0.481 bits per heavy atom. The van der Waals surface area contributed by atoms with Gasteiger partial charge < -0.3 is 28.9 Å². The van der Waals surface area contributed by atoms with Gasteiger partial charge in [0.15, 0.2) is 12.6 Å². The predicted molar refractivity (Wildman–Crippen MR) is 216 cm³/mol. The van der Waals surface area contributed by atoms with Crippen LogP contribution in [0.1, 0.15) is 85.3 Å². The minimum absolute atomic E-state index is 0.0925. The first-order valence-corrected chi connectivity index (χ1v) is 18.8. The highest BCUT2D eigenvalue weighted by molar-refractivity contribution is 5.96. The summed E-state index contributed by atoms with van der Waals surface area (Å²) in [6.07, 6.45) is 7.11. The number of aryl methyl sites for hydroxylation is 2. The summed E-state index contributed by atoms with van der Waals surface area (Å²) in [6.45, 7) is 15.2. The number of hydrogen-bond donors (Lipinski definition) is 2. The van der Waals surface area contributed by atoms with Gasteiger partial charge in [-0.15, -0.1) is 0 Å². The van der Waals surface area contributed by atoms with Crippen LogP contribution < -0.4 is 0 Å². The first kappa shape index (κ1) is 34.6. The van der Waals surface area contributed by atoms with Crippen LogP contribution in [0.15, 0.2) is 72.8 Å². The molecule has 0 amide bonds. The fourth-order valence-corrected chi connectivity index (χ4v) is 7.74. The van der Waals surface area contributed by atoms with Crippen molar-refractivity contribution >= 4 is 46.4 Å². The number of nitrogens with one attached hydrogen (secondary N) is 2. The zero-order chi connectivity index (χ0) is 37.2. The maximum atomic E-state index is 6.48. The highest BCUT2D eigenvalue weighted by Gasteiger charge is 2.34. The lowest BCUT2D eigenvalue weighted by Gasteiger charge is -2.34. The lowest BCUT2D eigenvalue weighted by molar-refractivity contribution is -0.225. The van der Waals surface area contributed by atoms with E-state index in [1.54, 1.807) is 0 Å². The number of H-pyrrole nitrogens is 2. The SMILES string of the molecule is Cc1ccccc1-c1c2nc(c(C3OCC(C)(C)CO3)c3ccc([nH]3)c(-c3ccccc3C)c3ccc([nH]3)c(C3OCC(C)(C)CO3)c3nc1C=C3)C=C2. The van der Waals surface area contributed by atoms with Crippen molar-refractivity contribution in [3.8, 4) is 22.3 Å². The van der Waals surface area contributed by atoms with Gasteiger partial charge >= 0.3 is 0 Å². The van der Waals surface area contributed by atoms with Crippen molar-refractivity contribution in [2.75, 3.05) is 26.4 Å². The summed E-state index contributed by atoms with van der Waals surface area (Å²) in [5.74, 6) is 0. The van der Waals surface area contributed by atoms with Gasteiger partial charge in [0.2, 0.25) is 0 Å². The van der Waals surface area contributed by atoms with Crippen LogP contribution in [0, 0.1) is 24.7 Å². The van der Waals surface area contributed by atoms with E-state index in [4.69, 9.17) is 28.9 Å². The molecule has 5 aromatic rings. The Morgan fingerprint density at radius 2 is 0.852 bits per heavy atom. The summed E-state index contributed by atoms with van der Waals surface area (Å²) in [5, 5.41) is 0. The molecule has 0 atom stereocenters. The average Bonchev–Trinajstić information content (AvgIpc) is 3.98. The van der Waals surface area contributed by atoms with E-state index in [1.165, 1.54) is 0 Å². The second-order valence-corrected chi connectivity index (χ2v) is 16.4. The summed E-state index contributed by atoms with van der Waals surface area (Å²) < 4.78 is 25.9. The van der Waals surface area contributed by atoms with E-state index in [9.17, 15) is 0 Å². The summed E-state index contributed by atoms with van der Waals surface area (Å²) in [6, 6.07) is 25.4. The monoisotopic (exact) mass is 718 g/mol. The molecule has 3 aromatic heterocycles. The normalized spacial score (nSPS) is 18.3. The fraction of sp³-hybridized carbons (Fsp3) is 0.304. The van der Waals surface area contributed by atoms with Crippen LogP contribution in [-0.2, 0) is 18.9 Å². The maximum Gasteiger partial charge on any atom is 0.187 e. The number of aromatic amines is 2. The molecule has 274 valence electrons. The Morgan fingerprint density at radius 3 is 1.28 bits per heavy atom. The molecule has 8 nitrogen and oxygen atoms in total. The van der Waals surface area contributed by atoms with Gasteiger partial charge in [-0.25, -0.2) is 9.97 Å². The van der Waals surface area contributed by atoms with Gasteiger partial charge in [0.05, 0.1) is 60.3 Å². The molecule has 2 fully saturated rings. The topological polar surface area (TPSA) is 94.3 Å². The number of aromatic nitrogens is 4. The third-order valence-corrected chi connectivity index (χ3v) is 10.6. The highest BCUT2D eigenvalue weighted by Crippen LogP contribution is 2.41. The van der Waals surface area contributed by atoms with Crippen molar-refractivity contribution in [3.05, 3.63) is 118 Å². The van der Waals surface area contributed by atoms with Gasteiger partial charge in [-0.2, -0.15) is 0 Å². The standard InChI is InChI=1S/C46H46N4O4/c1-27-11-7-9-13-29(27)39-31-15-19-35(47-31)41(43-51-23-45(3,4)24-52-43)37-21-17-33(49-37)40(30-14-10-8-12-28(30)2)34-18-22-38(50-34)42(36-20-16-32(39)48-36)44-53-25-46(5,6)26-54-44/h7-22,43-44,47-48H,23-26H2,1-6H3. The molecule has 54 heavy (non-hydrogen) atoms. The van der Waals surface area contributed by atoms with Crippen LogP contribution in [0.3, 0.4) is 0 Å². The molecule has 2 saturated heterocycles. The first-order valence-electron chi connectivity index (χ1n) is 18.8. The minimum Gasteiger partial charge on any atom is -0.355 e. The molecule has 0 saturated carbocycles. The van der Waals surface area contributed by atoms with E-state index in [0.717, 1.165) is 89.4 Å². The fourth-order valence-electron chi connectivity index (χ4n) is 7.74. The zero-order valence-corrected chi connectivity index (χ0v) is 31.7. The van der Waals surface area contributed by atoms with Crippen LogP contribution >= 0.6 is 0 Å². The maximum absolute atomic E-state index is 6.48. The van der Waals surface area contributed by atoms with E-state index in [-0.39, 0.29) is 10.8 Å². The third kappa shape index (κ3) is 6.33. The smallest absolute Gasteiger partial charge is 0.187 e. The van der Waals surface area contributed by atoms with Gasteiger partial charge in [-0.05, 0) is 84.7 Å². The molecule has 4 aliphatic heterocycles. The van der Waals surface area contributed by atoms with Crippen molar-refractivity contribution in [3.63, 3.8) is 0 Å². The summed E-state index contributed by atoms with van der Waals surface area (Å²) in [4.78, 5) is 18.3. The molecule has 4 aliphatic rings. The zero-order valence-electron chi connectivity index (χ0n) is 31.7. The largest absolute Gasteiger partial charge is 0.355 e. The van der Waals surface area contributed by atoms with Crippen LogP contribution in [0.2, 0.25) is 0 Å². The number of benzene rings is 2. The van der Waals surface area contributed by atoms with Gasteiger partial charge in [0.25, 0.3) is 0 Å². The molecule has 0 aliphatic carbocycles. The van der Waals surface area contributed by atoms with Crippen molar-refractivity contribution in [2.24, 2.45) is 10.8 Å². The number of rotatable bonds is 4. The van der Waals surface area contributed by atoms with E-state index in [1.807, 2.05) is 0 Å². The molecule has 0 unspecified atom stereocenters. The van der Waals surface area contributed by atoms with Crippen LogP contribution in [-0.4, -0.2) is 46.4 Å². The predicted octanol–water partition coefficient (Wildman–Crippen LogP) is 10.7.